The third-order valence-corrected chi connectivity index (χ3v) is 2.82. The lowest BCUT2D eigenvalue weighted by atomic mass is 9.93. The summed E-state index contributed by atoms with van der Waals surface area (Å²) in [5.74, 6) is 0.160. The van der Waals surface area contributed by atoms with Crippen molar-refractivity contribution in [2.75, 3.05) is 6.61 Å². The molecule has 0 aliphatic heterocycles. The van der Waals surface area contributed by atoms with E-state index >= 15 is 0 Å². The third kappa shape index (κ3) is 4.90. The summed E-state index contributed by atoms with van der Waals surface area (Å²) in [5.41, 5.74) is 6.12. The van der Waals surface area contributed by atoms with Gasteiger partial charge in [-0.3, -0.25) is 0 Å². The minimum Gasteiger partial charge on any atom is -0.489 e. The summed E-state index contributed by atoms with van der Waals surface area (Å²) in [4.78, 5) is 3.73. The standard InChI is InChI=1S/C14H23FN2O/c1-5-11(18-9-10-6-7-10)13(15)17-8-12(16)14(2,3)4/h5,8,10H,6-7,9,16H2,1-4H3/b11-5+,12-8-,17-13+. The van der Waals surface area contributed by atoms with Gasteiger partial charge in [-0.1, -0.05) is 20.8 Å². The molecular weight excluding hydrogens is 231 g/mol. The number of rotatable bonds is 5. The minimum atomic E-state index is -0.620. The smallest absolute Gasteiger partial charge is 0.254 e. The first-order chi connectivity index (χ1) is 8.34. The SMILES string of the molecule is C\C=C(OCC1CC1)/C(F)=N\C=C(/N)C(C)(C)C. The van der Waals surface area contributed by atoms with Gasteiger partial charge < -0.3 is 10.5 Å². The molecule has 1 saturated carbocycles. The van der Waals surface area contributed by atoms with Crippen LogP contribution in [0.3, 0.4) is 0 Å². The largest absolute Gasteiger partial charge is 0.489 e. The molecule has 0 spiro atoms. The highest BCUT2D eigenvalue weighted by Crippen LogP contribution is 2.29. The van der Waals surface area contributed by atoms with Crippen molar-refractivity contribution in [3.05, 3.63) is 23.7 Å². The molecule has 0 aromatic carbocycles. The van der Waals surface area contributed by atoms with Crippen LogP contribution >= 0.6 is 0 Å². The van der Waals surface area contributed by atoms with Gasteiger partial charge in [-0.2, -0.15) is 4.39 Å². The zero-order valence-electron chi connectivity index (χ0n) is 11.7. The molecule has 1 aliphatic rings. The van der Waals surface area contributed by atoms with Crippen LogP contribution in [0, 0.1) is 11.3 Å². The van der Waals surface area contributed by atoms with Crippen molar-refractivity contribution < 1.29 is 9.13 Å². The lowest BCUT2D eigenvalue weighted by Crippen LogP contribution is -2.16. The predicted octanol–water partition coefficient (Wildman–Crippen LogP) is 3.53. The van der Waals surface area contributed by atoms with Crippen LogP contribution in [0.15, 0.2) is 28.7 Å². The second kappa shape index (κ2) is 6.03. The summed E-state index contributed by atoms with van der Waals surface area (Å²) in [6.45, 7) is 8.15. The Labute approximate surface area is 109 Å². The molecule has 0 bridgehead atoms. The van der Waals surface area contributed by atoms with Gasteiger partial charge >= 0.3 is 0 Å². The topological polar surface area (TPSA) is 47.6 Å². The fourth-order valence-electron chi connectivity index (χ4n) is 1.14. The summed E-state index contributed by atoms with van der Waals surface area (Å²) in [5, 5.41) is 0. The number of nitrogens with two attached hydrogens (primary N) is 1. The van der Waals surface area contributed by atoms with Crippen LogP contribution in [-0.4, -0.2) is 12.6 Å². The van der Waals surface area contributed by atoms with E-state index in [2.05, 4.69) is 4.99 Å². The van der Waals surface area contributed by atoms with Gasteiger partial charge in [-0.15, -0.1) is 0 Å². The average molecular weight is 254 g/mol. The van der Waals surface area contributed by atoms with Crippen LogP contribution in [-0.2, 0) is 4.74 Å². The molecule has 0 saturated heterocycles. The third-order valence-electron chi connectivity index (χ3n) is 2.82. The fourth-order valence-corrected chi connectivity index (χ4v) is 1.14. The summed E-state index contributed by atoms with van der Waals surface area (Å²) in [6.07, 6.45) is 5.29. The van der Waals surface area contributed by atoms with E-state index in [4.69, 9.17) is 10.5 Å². The lowest BCUT2D eigenvalue weighted by Gasteiger charge is -2.17. The van der Waals surface area contributed by atoms with Crippen molar-refractivity contribution in [2.45, 2.75) is 40.5 Å². The van der Waals surface area contributed by atoms with Crippen molar-refractivity contribution in [1.82, 2.24) is 0 Å². The van der Waals surface area contributed by atoms with Crippen LogP contribution in [0.25, 0.3) is 0 Å². The van der Waals surface area contributed by atoms with Crippen molar-refractivity contribution in [2.24, 2.45) is 22.1 Å². The molecule has 4 heteroatoms. The van der Waals surface area contributed by atoms with E-state index in [1.54, 1.807) is 13.0 Å². The number of hydrogen-bond acceptors (Lipinski definition) is 3. The van der Waals surface area contributed by atoms with Crippen molar-refractivity contribution in [3.63, 3.8) is 0 Å². The first-order valence-corrected chi connectivity index (χ1v) is 6.33. The van der Waals surface area contributed by atoms with E-state index in [0.29, 0.717) is 18.2 Å². The second-order valence-electron chi connectivity index (χ2n) is 5.66. The fraction of sp³-hybridized carbons (Fsp3) is 0.643. The first kappa shape index (κ1) is 14.7. The highest BCUT2D eigenvalue weighted by molar-refractivity contribution is 5.90. The Kier molecular flexibility index (Phi) is 4.93. The van der Waals surface area contributed by atoms with Gasteiger partial charge in [0, 0.05) is 17.3 Å². The molecule has 0 atom stereocenters. The Morgan fingerprint density at radius 3 is 2.50 bits per heavy atom. The Balaban J connectivity index is 2.62. The Bertz CT molecular complexity index is 374. The van der Waals surface area contributed by atoms with Gasteiger partial charge in [0.05, 0.1) is 6.61 Å². The van der Waals surface area contributed by atoms with Crippen LogP contribution < -0.4 is 5.73 Å². The van der Waals surface area contributed by atoms with Crippen LogP contribution in [0.5, 0.6) is 0 Å². The Morgan fingerprint density at radius 1 is 1.44 bits per heavy atom. The van der Waals surface area contributed by atoms with E-state index in [9.17, 15) is 4.39 Å². The zero-order valence-corrected chi connectivity index (χ0v) is 11.7. The summed E-state index contributed by atoms with van der Waals surface area (Å²) >= 11 is 0. The minimum absolute atomic E-state index is 0.194. The monoisotopic (exact) mass is 254 g/mol. The number of hydrogen-bond donors (Lipinski definition) is 1. The lowest BCUT2D eigenvalue weighted by molar-refractivity contribution is 0.212. The molecule has 18 heavy (non-hydrogen) atoms. The van der Waals surface area contributed by atoms with E-state index < -0.39 is 5.97 Å². The van der Waals surface area contributed by atoms with E-state index in [1.807, 2.05) is 20.8 Å². The Morgan fingerprint density at radius 2 is 2.06 bits per heavy atom. The van der Waals surface area contributed by atoms with E-state index in [-0.39, 0.29) is 11.2 Å². The molecule has 0 radical (unpaired) electrons. The van der Waals surface area contributed by atoms with Crippen molar-refractivity contribution >= 4 is 5.97 Å². The van der Waals surface area contributed by atoms with Gasteiger partial charge in [0.15, 0.2) is 5.76 Å². The number of ether oxygens (including phenoxy) is 1. The summed E-state index contributed by atoms with van der Waals surface area (Å²) < 4.78 is 19.1. The van der Waals surface area contributed by atoms with Gasteiger partial charge in [-0.05, 0) is 31.8 Å². The highest BCUT2D eigenvalue weighted by atomic mass is 19.1. The molecule has 0 amide bonds. The number of allylic oxidation sites excluding steroid dienone is 3. The van der Waals surface area contributed by atoms with Gasteiger partial charge in [-0.25, -0.2) is 4.99 Å². The van der Waals surface area contributed by atoms with Gasteiger partial charge in [0.25, 0.3) is 5.97 Å². The predicted molar refractivity (Wildman–Crippen MR) is 72.7 cm³/mol. The maximum absolute atomic E-state index is 13.7. The van der Waals surface area contributed by atoms with Crippen molar-refractivity contribution in [3.8, 4) is 0 Å². The maximum atomic E-state index is 13.7. The maximum Gasteiger partial charge on any atom is 0.254 e. The average Bonchev–Trinajstić information content (AvgIpc) is 3.09. The Hall–Kier alpha value is -1.32. The molecule has 1 aliphatic carbocycles. The summed E-state index contributed by atoms with van der Waals surface area (Å²) in [7, 11) is 0. The molecule has 1 rings (SSSR count). The summed E-state index contributed by atoms with van der Waals surface area (Å²) in [6, 6.07) is 0. The van der Waals surface area contributed by atoms with E-state index in [0.717, 1.165) is 0 Å². The molecule has 3 nitrogen and oxygen atoms in total. The van der Waals surface area contributed by atoms with Gasteiger partial charge in [0.2, 0.25) is 0 Å². The molecule has 0 aromatic heterocycles. The second-order valence-corrected chi connectivity index (χ2v) is 5.66. The normalized spacial score (nSPS) is 19.1. The highest BCUT2D eigenvalue weighted by Gasteiger charge is 2.23. The number of aliphatic imine (C=N–C) groups is 1. The molecule has 1 fully saturated rings. The molecular formula is C14H23FN2O. The zero-order chi connectivity index (χ0) is 13.8. The van der Waals surface area contributed by atoms with Crippen LogP contribution in [0.4, 0.5) is 4.39 Å². The van der Waals surface area contributed by atoms with Gasteiger partial charge in [0.1, 0.15) is 0 Å². The van der Waals surface area contributed by atoms with Crippen LogP contribution in [0.2, 0.25) is 0 Å². The molecule has 0 unspecified atom stereocenters. The number of halogens is 1. The number of nitrogens with zero attached hydrogens (tertiary/aromatic N) is 1. The van der Waals surface area contributed by atoms with E-state index in [1.165, 1.54) is 19.0 Å². The molecule has 0 heterocycles. The molecule has 0 aromatic rings. The quantitative estimate of drug-likeness (QED) is 0.602. The van der Waals surface area contributed by atoms with Crippen molar-refractivity contribution in [1.29, 1.82) is 0 Å². The molecule has 2 N–H and O–H groups in total. The van der Waals surface area contributed by atoms with Crippen LogP contribution in [0.1, 0.15) is 40.5 Å². The first-order valence-electron chi connectivity index (χ1n) is 6.33. The molecule has 102 valence electrons.